The zero-order chi connectivity index (χ0) is 21.1. The van der Waals surface area contributed by atoms with E-state index in [1.54, 1.807) is 0 Å². The molecule has 5 heteroatoms. The number of nitrogens with one attached hydrogen (secondary N) is 1. The molecule has 2 fully saturated rings. The van der Waals surface area contributed by atoms with E-state index in [9.17, 15) is 4.79 Å². The molecule has 1 N–H and O–H groups in total. The van der Waals surface area contributed by atoms with E-state index >= 15 is 0 Å². The second-order valence-electron chi connectivity index (χ2n) is 9.38. The van der Waals surface area contributed by atoms with E-state index in [1.807, 2.05) is 19.1 Å². The third-order valence-corrected chi connectivity index (χ3v) is 6.88. The number of nitrogens with zero attached hydrogens (tertiary/aromatic N) is 2. The molecule has 0 bridgehead atoms. The minimum atomic E-state index is 0.0844. The largest absolute Gasteiger partial charge is 0.441 e. The van der Waals surface area contributed by atoms with Gasteiger partial charge in [0.25, 0.3) is 0 Å². The minimum absolute atomic E-state index is 0.0844. The second-order valence-corrected chi connectivity index (χ2v) is 9.38. The third-order valence-electron chi connectivity index (χ3n) is 6.88. The predicted octanol–water partition coefficient (Wildman–Crippen LogP) is 4.87. The summed E-state index contributed by atoms with van der Waals surface area (Å²) >= 11 is 0. The van der Waals surface area contributed by atoms with Crippen LogP contribution in [0.15, 0.2) is 28.7 Å². The van der Waals surface area contributed by atoms with Crippen LogP contribution in [0, 0.1) is 25.7 Å². The first-order chi connectivity index (χ1) is 14.5. The Morgan fingerprint density at radius 2 is 1.93 bits per heavy atom. The summed E-state index contributed by atoms with van der Waals surface area (Å²) in [5.74, 6) is 2.70. The summed E-state index contributed by atoms with van der Waals surface area (Å²) in [5.41, 5.74) is 3.19. The van der Waals surface area contributed by atoms with Crippen molar-refractivity contribution in [2.45, 2.75) is 71.9 Å². The van der Waals surface area contributed by atoms with Crippen molar-refractivity contribution >= 4 is 5.91 Å². The molecule has 1 aliphatic heterocycles. The number of benzene rings is 1. The average molecular weight is 410 g/mol. The molecular formula is C25H35N3O2. The molecule has 1 aromatic heterocycles. The van der Waals surface area contributed by atoms with Crippen LogP contribution in [0.4, 0.5) is 0 Å². The molecular weight excluding hydrogens is 374 g/mol. The number of oxazole rings is 1. The van der Waals surface area contributed by atoms with Crippen molar-refractivity contribution in [2.24, 2.45) is 11.8 Å². The highest BCUT2D eigenvalue weighted by Crippen LogP contribution is 2.27. The minimum Gasteiger partial charge on any atom is -0.441 e. The molecule has 2 heterocycles. The Kier molecular flexibility index (Phi) is 6.57. The van der Waals surface area contributed by atoms with Crippen LogP contribution in [-0.4, -0.2) is 34.9 Å². The molecule has 1 saturated carbocycles. The highest BCUT2D eigenvalue weighted by Gasteiger charge is 2.29. The van der Waals surface area contributed by atoms with E-state index in [-0.39, 0.29) is 11.8 Å². The topological polar surface area (TPSA) is 58.4 Å². The van der Waals surface area contributed by atoms with Crippen molar-refractivity contribution in [1.29, 1.82) is 0 Å². The van der Waals surface area contributed by atoms with Crippen LogP contribution in [0.25, 0.3) is 11.5 Å². The molecule has 2 aliphatic rings. The molecule has 30 heavy (non-hydrogen) atoms. The second kappa shape index (κ2) is 9.34. The SMILES string of the molecule is Cc1ccccc1-c1nc(CN2CCCC(C(=O)NC3CCC(C)CC3)C2)c(C)o1. The third kappa shape index (κ3) is 4.94. The van der Waals surface area contributed by atoms with Crippen molar-refractivity contribution in [3.05, 3.63) is 41.3 Å². The molecule has 0 radical (unpaired) electrons. The van der Waals surface area contributed by atoms with Crippen molar-refractivity contribution < 1.29 is 9.21 Å². The van der Waals surface area contributed by atoms with E-state index in [0.717, 1.165) is 73.8 Å². The number of carbonyl (C=O) groups excluding carboxylic acids is 1. The highest BCUT2D eigenvalue weighted by molar-refractivity contribution is 5.79. The quantitative estimate of drug-likeness (QED) is 0.766. The maximum Gasteiger partial charge on any atom is 0.226 e. The Hall–Kier alpha value is -2.14. The Morgan fingerprint density at radius 3 is 2.70 bits per heavy atom. The standard InChI is InChI=1S/C25H35N3O2/c1-17-10-12-21(13-11-17)26-24(29)20-8-6-14-28(15-20)16-23-19(3)30-25(27-23)22-9-5-4-7-18(22)2/h4-5,7,9,17,20-21H,6,8,10-16H2,1-3H3,(H,26,29). The first-order valence-electron chi connectivity index (χ1n) is 11.5. The number of aryl methyl sites for hydroxylation is 2. The van der Waals surface area contributed by atoms with E-state index in [0.29, 0.717) is 11.9 Å². The number of aromatic nitrogens is 1. The number of carbonyl (C=O) groups is 1. The normalized spacial score (nSPS) is 25.2. The molecule has 5 nitrogen and oxygen atoms in total. The summed E-state index contributed by atoms with van der Waals surface area (Å²) in [7, 11) is 0. The molecule has 1 aliphatic carbocycles. The van der Waals surface area contributed by atoms with E-state index < -0.39 is 0 Å². The van der Waals surface area contributed by atoms with E-state index in [4.69, 9.17) is 9.40 Å². The van der Waals surface area contributed by atoms with Gasteiger partial charge in [-0.05, 0) is 76.5 Å². The van der Waals surface area contributed by atoms with Gasteiger partial charge in [0.2, 0.25) is 11.8 Å². The van der Waals surface area contributed by atoms with Crippen LogP contribution in [0.5, 0.6) is 0 Å². The molecule has 2 aromatic rings. The van der Waals surface area contributed by atoms with Crippen LogP contribution in [0.2, 0.25) is 0 Å². The maximum atomic E-state index is 12.9. The Labute approximate surface area is 180 Å². The Bertz CT molecular complexity index is 867. The molecule has 1 atom stereocenters. The van der Waals surface area contributed by atoms with Crippen LogP contribution in [-0.2, 0) is 11.3 Å². The van der Waals surface area contributed by atoms with Gasteiger partial charge >= 0.3 is 0 Å². The van der Waals surface area contributed by atoms with Gasteiger partial charge < -0.3 is 9.73 Å². The van der Waals surface area contributed by atoms with Gasteiger partial charge in [-0.3, -0.25) is 9.69 Å². The highest BCUT2D eigenvalue weighted by atomic mass is 16.4. The van der Waals surface area contributed by atoms with E-state index in [1.165, 1.54) is 12.8 Å². The van der Waals surface area contributed by atoms with Crippen molar-refractivity contribution in [1.82, 2.24) is 15.2 Å². The smallest absolute Gasteiger partial charge is 0.226 e. The number of rotatable bonds is 5. The summed E-state index contributed by atoms with van der Waals surface area (Å²) in [5, 5.41) is 3.34. The van der Waals surface area contributed by atoms with Gasteiger partial charge in [-0.15, -0.1) is 0 Å². The summed E-state index contributed by atoms with van der Waals surface area (Å²) in [6.07, 6.45) is 6.76. The molecule has 0 spiro atoms. The summed E-state index contributed by atoms with van der Waals surface area (Å²) in [6, 6.07) is 8.55. The lowest BCUT2D eigenvalue weighted by molar-refractivity contribution is -0.127. The Balaban J connectivity index is 1.36. The van der Waals surface area contributed by atoms with Gasteiger partial charge in [-0.25, -0.2) is 4.98 Å². The fraction of sp³-hybridized carbons (Fsp3) is 0.600. The summed E-state index contributed by atoms with van der Waals surface area (Å²) < 4.78 is 5.99. The Morgan fingerprint density at radius 1 is 1.17 bits per heavy atom. The van der Waals surface area contributed by atoms with Gasteiger partial charge in [0, 0.05) is 24.7 Å². The number of hydrogen-bond donors (Lipinski definition) is 1. The number of likely N-dealkylation sites (tertiary alicyclic amines) is 1. The lowest BCUT2D eigenvalue weighted by atomic mass is 9.87. The molecule has 1 unspecified atom stereocenters. The number of piperidine rings is 1. The van der Waals surface area contributed by atoms with E-state index in [2.05, 4.69) is 36.2 Å². The fourth-order valence-corrected chi connectivity index (χ4v) is 4.85. The monoisotopic (exact) mass is 409 g/mol. The molecule has 1 saturated heterocycles. The van der Waals surface area contributed by atoms with Crippen LogP contribution in [0.3, 0.4) is 0 Å². The van der Waals surface area contributed by atoms with Crippen LogP contribution in [0.1, 0.15) is 62.5 Å². The predicted molar refractivity (Wildman–Crippen MR) is 119 cm³/mol. The van der Waals surface area contributed by atoms with Gasteiger partial charge in [-0.2, -0.15) is 0 Å². The lowest BCUT2D eigenvalue weighted by Crippen LogP contribution is -2.46. The van der Waals surface area contributed by atoms with Crippen LogP contribution >= 0.6 is 0 Å². The number of amides is 1. The number of hydrogen-bond acceptors (Lipinski definition) is 4. The first kappa shape index (κ1) is 21.1. The van der Waals surface area contributed by atoms with Gasteiger partial charge in [0.05, 0.1) is 11.6 Å². The zero-order valence-electron chi connectivity index (χ0n) is 18.6. The summed E-state index contributed by atoms with van der Waals surface area (Å²) in [6.45, 7) is 8.94. The van der Waals surface area contributed by atoms with Crippen LogP contribution < -0.4 is 5.32 Å². The van der Waals surface area contributed by atoms with Crippen molar-refractivity contribution in [3.8, 4) is 11.5 Å². The van der Waals surface area contributed by atoms with Crippen molar-refractivity contribution in [2.75, 3.05) is 13.1 Å². The molecule has 4 rings (SSSR count). The average Bonchev–Trinajstić information content (AvgIpc) is 3.10. The zero-order valence-corrected chi connectivity index (χ0v) is 18.6. The lowest BCUT2D eigenvalue weighted by Gasteiger charge is -2.33. The maximum absolute atomic E-state index is 12.9. The van der Waals surface area contributed by atoms with Crippen molar-refractivity contribution in [3.63, 3.8) is 0 Å². The fourth-order valence-electron chi connectivity index (χ4n) is 4.85. The molecule has 1 amide bonds. The van der Waals surface area contributed by atoms with Gasteiger partial charge in [0.1, 0.15) is 5.76 Å². The first-order valence-corrected chi connectivity index (χ1v) is 11.5. The molecule has 1 aromatic carbocycles. The van der Waals surface area contributed by atoms with Gasteiger partial charge in [0.15, 0.2) is 0 Å². The summed E-state index contributed by atoms with van der Waals surface area (Å²) in [4.78, 5) is 20.0. The molecule has 162 valence electrons. The van der Waals surface area contributed by atoms with Gasteiger partial charge in [-0.1, -0.05) is 25.1 Å².